The van der Waals surface area contributed by atoms with Gasteiger partial charge in [-0.3, -0.25) is 0 Å². The number of carboxylic acid groups (broad SMARTS) is 1. The van der Waals surface area contributed by atoms with E-state index in [0.717, 1.165) is 19.2 Å². The summed E-state index contributed by atoms with van der Waals surface area (Å²) in [6, 6.07) is 2.05. The molecule has 3 N–H and O–H groups in total. The number of phenols is 1. The number of esters is 1. The van der Waals surface area contributed by atoms with Gasteiger partial charge in [-0.25, -0.2) is 9.59 Å². The predicted octanol–water partition coefficient (Wildman–Crippen LogP) is 0.305. The van der Waals surface area contributed by atoms with Gasteiger partial charge in [0.15, 0.2) is 6.10 Å². The molecule has 1 unspecified atom stereocenters. The van der Waals surface area contributed by atoms with Gasteiger partial charge in [-0.2, -0.15) is 0 Å². The number of rotatable bonds is 4. The van der Waals surface area contributed by atoms with Crippen LogP contribution in [0, 0.1) is 0 Å². The van der Waals surface area contributed by atoms with E-state index in [2.05, 4.69) is 4.74 Å². The summed E-state index contributed by atoms with van der Waals surface area (Å²) in [5.41, 5.74) is -0.406. The van der Waals surface area contributed by atoms with Crippen molar-refractivity contribution in [3.63, 3.8) is 0 Å². The highest BCUT2D eigenvalue weighted by atomic mass is 16.5. The normalized spacial score (nSPS) is 11.7. The summed E-state index contributed by atoms with van der Waals surface area (Å²) in [5, 5.41) is 27.8. The molecule has 0 aromatic heterocycles. The van der Waals surface area contributed by atoms with Gasteiger partial charge in [-0.05, 0) is 6.07 Å². The van der Waals surface area contributed by atoms with Crippen LogP contribution in [0.5, 0.6) is 11.5 Å². The highest BCUT2D eigenvalue weighted by Gasteiger charge is 2.24. The molecular weight excluding hydrogens is 244 g/mol. The summed E-state index contributed by atoms with van der Waals surface area (Å²) >= 11 is 0. The van der Waals surface area contributed by atoms with E-state index < -0.39 is 23.8 Å². The van der Waals surface area contributed by atoms with E-state index in [-0.39, 0.29) is 16.9 Å². The van der Waals surface area contributed by atoms with Crippen molar-refractivity contribution < 1.29 is 34.4 Å². The zero-order valence-corrected chi connectivity index (χ0v) is 9.71. The molecule has 0 fully saturated rings. The Balaban J connectivity index is 3.39. The number of aliphatic hydroxyl groups is 1. The zero-order chi connectivity index (χ0) is 13.9. The molecule has 0 heterocycles. The molecular formula is C11H12O7. The topological polar surface area (TPSA) is 113 Å². The Bertz CT molecular complexity index is 481. The number of aliphatic hydroxyl groups excluding tert-OH is 1. The van der Waals surface area contributed by atoms with Crippen molar-refractivity contribution in [3.8, 4) is 11.5 Å². The first kappa shape index (κ1) is 13.8. The van der Waals surface area contributed by atoms with E-state index in [1.165, 1.54) is 7.11 Å². The quantitative estimate of drug-likeness (QED) is 0.664. The second kappa shape index (κ2) is 5.37. The highest BCUT2D eigenvalue weighted by molar-refractivity contribution is 5.93. The van der Waals surface area contributed by atoms with E-state index in [1.807, 2.05) is 0 Å². The molecule has 0 amide bonds. The van der Waals surface area contributed by atoms with Crippen molar-refractivity contribution in [1.29, 1.82) is 0 Å². The van der Waals surface area contributed by atoms with Gasteiger partial charge >= 0.3 is 11.9 Å². The van der Waals surface area contributed by atoms with E-state index >= 15 is 0 Å². The predicted molar refractivity (Wildman–Crippen MR) is 58.6 cm³/mol. The minimum atomic E-state index is -1.87. The summed E-state index contributed by atoms with van der Waals surface area (Å²) in [5.74, 6) is -2.83. The first-order valence-electron chi connectivity index (χ1n) is 4.82. The Morgan fingerprint density at radius 3 is 2.33 bits per heavy atom. The third-order valence-electron chi connectivity index (χ3n) is 2.28. The minimum Gasteiger partial charge on any atom is -0.507 e. The van der Waals surface area contributed by atoms with Crippen LogP contribution in [0.2, 0.25) is 0 Å². The number of aliphatic carboxylic acids is 1. The van der Waals surface area contributed by atoms with Crippen LogP contribution in [0.1, 0.15) is 22.0 Å². The van der Waals surface area contributed by atoms with Gasteiger partial charge in [0.1, 0.15) is 17.1 Å². The number of hydrogen-bond donors (Lipinski definition) is 3. The van der Waals surface area contributed by atoms with Crippen molar-refractivity contribution in [1.82, 2.24) is 0 Å². The molecule has 1 aromatic rings. The van der Waals surface area contributed by atoms with Gasteiger partial charge < -0.3 is 24.8 Å². The second-order valence-electron chi connectivity index (χ2n) is 3.34. The van der Waals surface area contributed by atoms with Crippen LogP contribution in [0.15, 0.2) is 12.1 Å². The molecule has 0 radical (unpaired) electrons. The molecule has 0 bridgehead atoms. The molecule has 7 nitrogen and oxygen atoms in total. The molecule has 1 atom stereocenters. The lowest BCUT2D eigenvalue weighted by molar-refractivity contribution is -0.147. The fourth-order valence-corrected chi connectivity index (χ4v) is 1.38. The van der Waals surface area contributed by atoms with E-state index in [9.17, 15) is 19.8 Å². The van der Waals surface area contributed by atoms with Crippen molar-refractivity contribution in [3.05, 3.63) is 23.3 Å². The third kappa shape index (κ3) is 2.51. The van der Waals surface area contributed by atoms with Crippen LogP contribution in [0.25, 0.3) is 0 Å². The standard InChI is InChI=1S/C11H12O7/c1-17-8-4-7(12)5(11(16)18-2)3-6(8)9(13)10(14)15/h3-4,9,12-13H,1-2H3,(H,14,15). The van der Waals surface area contributed by atoms with Crippen LogP contribution in [-0.4, -0.2) is 41.5 Å². The largest absolute Gasteiger partial charge is 0.507 e. The molecule has 0 aliphatic carbocycles. The number of carboxylic acids is 1. The number of benzene rings is 1. The number of ether oxygens (including phenoxy) is 2. The Kier molecular flexibility index (Phi) is 4.11. The lowest BCUT2D eigenvalue weighted by Crippen LogP contribution is -2.13. The fraction of sp³-hybridized carbons (Fsp3) is 0.273. The number of methoxy groups -OCH3 is 2. The van der Waals surface area contributed by atoms with Gasteiger partial charge in [0.05, 0.1) is 14.2 Å². The molecule has 7 heteroatoms. The Morgan fingerprint density at radius 2 is 1.89 bits per heavy atom. The van der Waals surface area contributed by atoms with Crippen LogP contribution < -0.4 is 4.74 Å². The number of aromatic hydroxyl groups is 1. The average Bonchev–Trinajstić information content (AvgIpc) is 2.36. The zero-order valence-electron chi connectivity index (χ0n) is 9.71. The first-order chi connectivity index (χ1) is 8.42. The van der Waals surface area contributed by atoms with Crippen molar-refractivity contribution >= 4 is 11.9 Å². The molecule has 0 saturated heterocycles. The number of carbonyl (C=O) groups is 2. The minimum absolute atomic E-state index is 0.0462. The molecule has 98 valence electrons. The second-order valence-corrected chi connectivity index (χ2v) is 3.34. The third-order valence-corrected chi connectivity index (χ3v) is 2.28. The Labute approximate surface area is 102 Å². The van der Waals surface area contributed by atoms with Gasteiger partial charge in [-0.1, -0.05) is 0 Å². The number of hydrogen-bond acceptors (Lipinski definition) is 6. The van der Waals surface area contributed by atoms with Crippen molar-refractivity contribution in [2.45, 2.75) is 6.10 Å². The Morgan fingerprint density at radius 1 is 1.28 bits per heavy atom. The summed E-state index contributed by atoms with van der Waals surface area (Å²) in [6.45, 7) is 0. The van der Waals surface area contributed by atoms with Crippen molar-refractivity contribution in [2.75, 3.05) is 14.2 Å². The van der Waals surface area contributed by atoms with Gasteiger partial charge in [0, 0.05) is 11.6 Å². The maximum atomic E-state index is 11.3. The molecule has 18 heavy (non-hydrogen) atoms. The number of phenolic OH excluding ortho intramolecular Hbond substituents is 1. The molecule has 1 aromatic carbocycles. The van der Waals surface area contributed by atoms with Gasteiger partial charge in [-0.15, -0.1) is 0 Å². The van der Waals surface area contributed by atoms with E-state index in [1.54, 1.807) is 0 Å². The average molecular weight is 256 g/mol. The maximum Gasteiger partial charge on any atom is 0.341 e. The van der Waals surface area contributed by atoms with Gasteiger partial charge in [0.2, 0.25) is 0 Å². The smallest absolute Gasteiger partial charge is 0.341 e. The van der Waals surface area contributed by atoms with E-state index in [4.69, 9.17) is 9.84 Å². The maximum absolute atomic E-state index is 11.3. The summed E-state index contributed by atoms with van der Waals surface area (Å²) in [7, 11) is 2.35. The summed E-state index contributed by atoms with van der Waals surface area (Å²) < 4.78 is 9.25. The number of carbonyl (C=O) groups excluding carboxylic acids is 1. The van der Waals surface area contributed by atoms with Crippen LogP contribution in [0.3, 0.4) is 0 Å². The highest BCUT2D eigenvalue weighted by Crippen LogP contribution is 2.32. The fourth-order valence-electron chi connectivity index (χ4n) is 1.38. The first-order valence-corrected chi connectivity index (χ1v) is 4.82. The lowest BCUT2D eigenvalue weighted by Gasteiger charge is -2.13. The molecule has 0 saturated carbocycles. The molecule has 0 spiro atoms. The summed E-state index contributed by atoms with van der Waals surface area (Å²) in [6.07, 6.45) is -1.87. The van der Waals surface area contributed by atoms with Crippen LogP contribution in [0.4, 0.5) is 0 Å². The molecule has 0 aliphatic heterocycles. The van der Waals surface area contributed by atoms with Crippen molar-refractivity contribution in [2.24, 2.45) is 0 Å². The summed E-state index contributed by atoms with van der Waals surface area (Å²) in [4.78, 5) is 22.0. The lowest BCUT2D eigenvalue weighted by atomic mass is 10.0. The van der Waals surface area contributed by atoms with Gasteiger partial charge in [0.25, 0.3) is 0 Å². The van der Waals surface area contributed by atoms with E-state index in [0.29, 0.717) is 0 Å². The Hall–Kier alpha value is -2.28. The van der Waals surface area contributed by atoms with Crippen LogP contribution >= 0.6 is 0 Å². The monoisotopic (exact) mass is 256 g/mol. The molecule has 0 aliphatic rings. The van der Waals surface area contributed by atoms with Crippen LogP contribution in [-0.2, 0) is 9.53 Å². The SMILES string of the molecule is COC(=O)c1cc(C(O)C(=O)O)c(OC)cc1O. The molecule has 1 rings (SSSR count).